The highest BCUT2D eigenvalue weighted by atomic mass is 32.2. The number of carbonyl (C=O) groups is 1. The van der Waals surface area contributed by atoms with Crippen molar-refractivity contribution in [1.29, 1.82) is 0 Å². The van der Waals surface area contributed by atoms with E-state index in [0.29, 0.717) is 22.2 Å². The third-order valence-electron chi connectivity index (χ3n) is 3.97. The molecule has 1 N–H and O–H groups in total. The van der Waals surface area contributed by atoms with Crippen LogP contribution in [0, 0.1) is 6.92 Å². The molecule has 3 aromatic heterocycles. The zero-order valence-electron chi connectivity index (χ0n) is 15.2. The summed E-state index contributed by atoms with van der Waals surface area (Å²) >= 11 is 2.90. The highest BCUT2D eigenvalue weighted by Gasteiger charge is 2.13. The van der Waals surface area contributed by atoms with Gasteiger partial charge in [0.1, 0.15) is 11.4 Å². The van der Waals surface area contributed by atoms with E-state index < -0.39 is 0 Å². The maximum absolute atomic E-state index is 12.4. The first-order valence-corrected chi connectivity index (χ1v) is 10.3. The Kier molecular flexibility index (Phi) is 5.27. The second-order valence-corrected chi connectivity index (χ2v) is 7.88. The minimum absolute atomic E-state index is 0.153. The number of thioether (sulfide) groups is 1. The van der Waals surface area contributed by atoms with E-state index in [0.717, 1.165) is 16.1 Å². The number of nitrogens with one attached hydrogen (secondary N) is 1. The Balaban J connectivity index is 1.49. The van der Waals surface area contributed by atoms with Crippen molar-refractivity contribution in [1.82, 2.24) is 19.8 Å². The Morgan fingerprint density at radius 1 is 1.25 bits per heavy atom. The second-order valence-electron chi connectivity index (χ2n) is 5.99. The van der Waals surface area contributed by atoms with Crippen LogP contribution >= 0.6 is 23.1 Å². The van der Waals surface area contributed by atoms with Crippen molar-refractivity contribution in [3.05, 3.63) is 53.4 Å². The lowest BCUT2D eigenvalue weighted by molar-refractivity contribution is -0.113. The van der Waals surface area contributed by atoms with E-state index in [4.69, 9.17) is 4.74 Å². The predicted molar refractivity (Wildman–Crippen MR) is 111 cm³/mol. The van der Waals surface area contributed by atoms with Crippen molar-refractivity contribution in [2.45, 2.75) is 12.1 Å². The van der Waals surface area contributed by atoms with Gasteiger partial charge < -0.3 is 10.1 Å². The molecule has 0 radical (unpaired) electrons. The van der Waals surface area contributed by atoms with Gasteiger partial charge in [-0.25, -0.2) is 0 Å². The molecule has 4 rings (SSSR count). The molecule has 7 nitrogen and oxygen atoms in total. The lowest BCUT2D eigenvalue weighted by Crippen LogP contribution is -2.15. The number of thiophene rings is 1. The van der Waals surface area contributed by atoms with Crippen LogP contribution in [0.15, 0.2) is 53.0 Å². The number of hydrogen-bond acceptors (Lipinski definition) is 7. The summed E-state index contributed by atoms with van der Waals surface area (Å²) in [7, 11) is 1.58. The summed E-state index contributed by atoms with van der Waals surface area (Å²) in [5.74, 6) is 0.655. The standard InChI is InChI=1S/C19H17N5O2S2/c1-12-5-7-15(26-2)14(10-12)20-18(25)11-28-19-22-21-17-8-6-13(23-24(17)19)16-4-3-9-27-16/h3-10H,11H2,1-2H3,(H,20,25). The number of methoxy groups -OCH3 is 1. The highest BCUT2D eigenvalue weighted by Crippen LogP contribution is 2.26. The molecule has 3 heterocycles. The predicted octanol–water partition coefficient (Wildman–Crippen LogP) is 3.90. The van der Waals surface area contributed by atoms with Gasteiger partial charge in [-0.3, -0.25) is 4.79 Å². The van der Waals surface area contributed by atoms with Gasteiger partial charge in [0.05, 0.1) is 23.4 Å². The van der Waals surface area contributed by atoms with E-state index in [1.54, 1.807) is 23.0 Å². The first kappa shape index (κ1) is 18.5. The summed E-state index contributed by atoms with van der Waals surface area (Å²) in [4.78, 5) is 13.5. The molecule has 1 aromatic carbocycles. The van der Waals surface area contributed by atoms with Gasteiger partial charge in [-0.2, -0.15) is 9.61 Å². The fourth-order valence-corrected chi connectivity index (χ4v) is 4.03. The van der Waals surface area contributed by atoms with E-state index in [1.807, 2.05) is 54.8 Å². The molecule has 4 aromatic rings. The highest BCUT2D eigenvalue weighted by molar-refractivity contribution is 7.99. The minimum Gasteiger partial charge on any atom is -0.495 e. The maximum Gasteiger partial charge on any atom is 0.234 e. The van der Waals surface area contributed by atoms with Gasteiger partial charge in [-0.05, 0) is 48.2 Å². The fraction of sp³-hybridized carbons (Fsp3) is 0.158. The number of hydrogen-bond donors (Lipinski definition) is 1. The zero-order valence-corrected chi connectivity index (χ0v) is 16.9. The number of aryl methyl sites for hydroxylation is 1. The molecule has 28 heavy (non-hydrogen) atoms. The lowest BCUT2D eigenvalue weighted by Gasteiger charge is -2.10. The summed E-state index contributed by atoms with van der Waals surface area (Å²) in [5.41, 5.74) is 3.18. The van der Waals surface area contributed by atoms with Crippen molar-refractivity contribution in [3.8, 4) is 16.3 Å². The summed E-state index contributed by atoms with van der Waals surface area (Å²) in [6.07, 6.45) is 0. The number of nitrogens with zero attached hydrogens (tertiary/aromatic N) is 4. The average Bonchev–Trinajstić information content (AvgIpc) is 3.36. The topological polar surface area (TPSA) is 81.4 Å². The molecule has 0 atom stereocenters. The van der Waals surface area contributed by atoms with Crippen LogP contribution in [0.3, 0.4) is 0 Å². The van der Waals surface area contributed by atoms with Crippen LogP contribution in [0.4, 0.5) is 5.69 Å². The molecule has 0 aliphatic carbocycles. The first-order valence-electron chi connectivity index (χ1n) is 8.47. The summed E-state index contributed by atoms with van der Waals surface area (Å²) in [5, 5.41) is 18.3. The van der Waals surface area contributed by atoms with E-state index in [9.17, 15) is 4.79 Å². The van der Waals surface area contributed by atoms with Gasteiger partial charge in [0, 0.05) is 0 Å². The van der Waals surface area contributed by atoms with Crippen LogP contribution in [0.5, 0.6) is 5.75 Å². The average molecular weight is 412 g/mol. The van der Waals surface area contributed by atoms with Gasteiger partial charge in [-0.15, -0.1) is 21.5 Å². The smallest absolute Gasteiger partial charge is 0.234 e. The first-order chi connectivity index (χ1) is 13.6. The zero-order chi connectivity index (χ0) is 19.5. The number of ether oxygens (including phenoxy) is 1. The molecule has 0 aliphatic rings. The normalized spacial score (nSPS) is 10.9. The van der Waals surface area contributed by atoms with Crippen molar-refractivity contribution in [2.24, 2.45) is 0 Å². The Hall–Kier alpha value is -2.91. The minimum atomic E-state index is -0.153. The maximum atomic E-state index is 12.4. The Morgan fingerprint density at radius 2 is 2.14 bits per heavy atom. The Labute approximate surface area is 169 Å². The van der Waals surface area contributed by atoms with Crippen LogP contribution in [0.25, 0.3) is 16.2 Å². The summed E-state index contributed by atoms with van der Waals surface area (Å²) in [6.45, 7) is 1.96. The molecular weight excluding hydrogens is 394 g/mol. The van der Waals surface area contributed by atoms with Gasteiger partial charge in [0.15, 0.2) is 5.65 Å². The second kappa shape index (κ2) is 7.99. The van der Waals surface area contributed by atoms with Crippen LogP contribution in [0.1, 0.15) is 5.56 Å². The lowest BCUT2D eigenvalue weighted by atomic mass is 10.2. The van der Waals surface area contributed by atoms with Crippen LogP contribution in [0.2, 0.25) is 0 Å². The van der Waals surface area contributed by atoms with Crippen molar-refractivity contribution >= 4 is 40.3 Å². The summed E-state index contributed by atoms with van der Waals surface area (Å²) in [6, 6.07) is 13.4. The van der Waals surface area contributed by atoms with Gasteiger partial charge in [-0.1, -0.05) is 23.9 Å². The fourth-order valence-electron chi connectivity index (χ4n) is 2.65. The molecule has 0 bridgehead atoms. The number of fused-ring (bicyclic) bond motifs is 1. The molecule has 9 heteroatoms. The van der Waals surface area contributed by atoms with E-state index >= 15 is 0 Å². The van der Waals surface area contributed by atoms with E-state index in [1.165, 1.54) is 11.8 Å². The number of anilines is 1. The van der Waals surface area contributed by atoms with E-state index in [-0.39, 0.29) is 11.7 Å². The molecule has 0 unspecified atom stereocenters. The largest absolute Gasteiger partial charge is 0.495 e. The number of rotatable bonds is 6. The van der Waals surface area contributed by atoms with Crippen molar-refractivity contribution in [2.75, 3.05) is 18.2 Å². The number of carbonyl (C=O) groups excluding carboxylic acids is 1. The van der Waals surface area contributed by atoms with Crippen LogP contribution in [-0.4, -0.2) is 38.6 Å². The Bertz CT molecular complexity index is 1120. The van der Waals surface area contributed by atoms with Gasteiger partial charge >= 0.3 is 0 Å². The van der Waals surface area contributed by atoms with Crippen LogP contribution in [-0.2, 0) is 4.79 Å². The molecule has 0 saturated heterocycles. The molecule has 142 valence electrons. The van der Waals surface area contributed by atoms with Crippen molar-refractivity contribution < 1.29 is 9.53 Å². The Morgan fingerprint density at radius 3 is 2.93 bits per heavy atom. The van der Waals surface area contributed by atoms with Crippen molar-refractivity contribution in [3.63, 3.8) is 0 Å². The summed E-state index contributed by atoms with van der Waals surface area (Å²) < 4.78 is 6.97. The molecule has 0 fully saturated rings. The van der Waals surface area contributed by atoms with E-state index in [2.05, 4.69) is 20.6 Å². The molecule has 1 amide bonds. The third-order valence-corrected chi connectivity index (χ3v) is 5.78. The molecule has 0 saturated carbocycles. The third kappa shape index (κ3) is 3.85. The molecule has 0 aliphatic heterocycles. The molecule has 0 spiro atoms. The number of aromatic nitrogens is 4. The number of amides is 1. The quantitative estimate of drug-likeness (QED) is 0.485. The van der Waals surface area contributed by atoms with Gasteiger partial charge in [0.2, 0.25) is 11.1 Å². The molecular formula is C19H17N5O2S2. The van der Waals surface area contributed by atoms with Crippen LogP contribution < -0.4 is 10.1 Å². The monoisotopic (exact) mass is 411 g/mol. The SMILES string of the molecule is COc1ccc(C)cc1NC(=O)CSc1nnc2ccc(-c3cccs3)nn12. The number of benzene rings is 1. The van der Waals surface area contributed by atoms with Gasteiger partial charge in [0.25, 0.3) is 0 Å².